The average Bonchev–Trinajstić information content (AvgIpc) is 2.85. The van der Waals surface area contributed by atoms with Crippen molar-refractivity contribution in [3.63, 3.8) is 0 Å². The largest absolute Gasteiger partial charge is 0.523 e. The molecule has 23 heavy (non-hydrogen) atoms. The minimum Gasteiger partial charge on any atom is -0.348 e. The van der Waals surface area contributed by atoms with E-state index in [2.05, 4.69) is 4.18 Å². The van der Waals surface area contributed by atoms with Gasteiger partial charge in [-0.1, -0.05) is 0 Å². The molecular formula is C12H19F3O7S. The molecule has 0 spiro atoms. The van der Waals surface area contributed by atoms with Gasteiger partial charge in [0.05, 0.1) is 13.2 Å². The van der Waals surface area contributed by atoms with Crippen LogP contribution in [0.25, 0.3) is 0 Å². The lowest BCUT2D eigenvalue weighted by Gasteiger charge is -2.23. The Morgan fingerprint density at radius 3 is 2.17 bits per heavy atom. The predicted molar refractivity (Wildman–Crippen MR) is 69.7 cm³/mol. The summed E-state index contributed by atoms with van der Waals surface area (Å²) in [4.78, 5) is 0. The molecule has 1 unspecified atom stereocenters. The van der Waals surface area contributed by atoms with E-state index in [4.69, 9.17) is 18.9 Å². The van der Waals surface area contributed by atoms with Crippen molar-refractivity contribution in [3.05, 3.63) is 0 Å². The van der Waals surface area contributed by atoms with Gasteiger partial charge in [0, 0.05) is 0 Å². The van der Waals surface area contributed by atoms with Gasteiger partial charge < -0.3 is 18.9 Å². The van der Waals surface area contributed by atoms with Crippen LogP contribution in [0.4, 0.5) is 13.2 Å². The third-order valence-electron chi connectivity index (χ3n) is 3.29. The smallest absolute Gasteiger partial charge is 0.348 e. The lowest BCUT2D eigenvalue weighted by Crippen LogP contribution is -2.41. The molecule has 2 saturated heterocycles. The van der Waals surface area contributed by atoms with E-state index >= 15 is 0 Å². The van der Waals surface area contributed by atoms with Crippen LogP contribution in [0.3, 0.4) is 0 Å². The summed E-state index contributed by atoms with van der Waals surface area (Å²) in [6, 6.07) is 0. The second-order valence-corrected chi connectivity index (χ2v) is 7.80. The second kappa shape index (κ2) is 5.81. The van der Waals surface area contributed by atoms with E-state index in [0.29, 0.717) is 0 Å². The SMILES string of the molecule is CC1(C)OC[C@@H]([C@@H]2OC(C)(C)OC2COS(=O)(=O)C(F)(F)F)O1. The third-order valence-corrected chi connectivity index (χ3v) is 4.30. The number of alkyl halides is 3. The number of ether oxygens (including phenoxy) is 4. The Hall–Kier alpha value is -0.460. The summed E-state index contributed by atoms with van der Waals surface area (Å²) < 4.78 is 85.1. The molecule has 2 rings (SSSR count). The van der Waals surface area contributed by atoms with Crippen LogP contribution in [0.15, 0.2) is 0 Å². The standard InChI is InChI=1S/C12H19F3O7S/c1-10(2)18-5-7(20-10)9-8(21-11(3,4)22-9)6-19-23(16,17)12(13,14)15/h7-9H,5-6H2,1-4H3/t7-,8?,9-/m0/s1. The van der Waals surface area contributed by atoms with Crippen LogP contribution in [0.1, 0.15) is 27.7 Å². The quantitative estimate of drug-likeness (QED) is 0.553. The highest BCUT2D eigenvalue weighted by Gasteiger charge is 2.52. The Labute approximate surface area is 132 Å². The van der Waals surface area contributed by atoms with Crippen molar-refractivity contribution in [3.8, 4) is 0 Å². The van der Waals surface area contributed by atoms with E-state index in [1.54, 1.807) is 27.7 Å². The fraction of sp³-hybridized carbons (Fsp3) is 1.00. The fourth-order valence-electron chi connectivity index (χ4n) is 2.41. The van der Waals surface area contributed by atoms with E-state index in [-0.39, 0.29) is 6.61 Å². The maximum Gasteiger partial charge on any atom is 0.523 e. The Kier molecular flexibility index (Phi) is 4.77. The Balaban J connectivity index is 2.07. The molecule has 0 amide bonds. The van der Waals surface area contributed by atoms with E-state index < -0.39 is 52.1 Å². The van der Waals surface area contributed by atoms with E-state index in [1.165, 1.54) is 0 Å². The first-order valence-corrected chi connectivity index (χ1v) is 8.26. The molecule has 136 valence electrons. The summed E-state index contributed by atoms with van der Waals surface area (Å²) in [5.74, 6) is -1.99. The van der Waals surface area contributed by atoms with Crippen LogP contribution in [0, 0.1) is 0 Å². The maximum atomic E-state index is 12.3. The number of hydrogen-bond acceptors (Lipinski definition) is 7. The summed E-state index contributed by atoms with van der Waals surface area (Å²) in [5, 5.41) is 0. The number of halogens is 3. The first kappa shape index (κ1) is 18.9. The van der Waals surface area contributed by atoms with E-state index in [1.807, 2.05) is 0 Å². The number of hydrogen-bond donors (Lipinski definition) is 0. The predicted octanol–water partition coefficient (Wildman–Crippen LogP) is 1.52. The topological polar surface area (TPSA) is 80.3 Å². The third kappa shape index (κ3) is 4.34. The van der Waals surface area contributed by atoms with Gasteiger partial charge in [-0.15, -0.1) is 0 Å². The monoisotopic (exact) mass is 364 g/mol. The lowest BCUT2D eigenvalue weighted by atomic mass is 10.1. The molecule has 0 aromatic heterocycles. The van der Waals surface area contributed by atoms with Gasteiger partial charge >= 0.3 is 15.6 Å². The van der Waals surface area contributed by atoms with Crippen LogP contribution in [-0.2, 0) is 33.2 Å². The minimum atomic E-state index is -5.70. The molecule has 0 N–H and O–H groups in total. The van der Waals surface area contributed by atoms with Gasteiger partial charge in [0.15, 0.2) is 11.6 Å². The molecule has 11 heteroatoms. The molecule has 2 aliphatic heterocycles. The first-order chi connectivity index (χ1) is 10.2. The normalized spacial score (nSPS) is 34.0. The van der Waals surface area contributed by atoms with Gasteiger partial charge in [-0.3, -0.25) is 4.18 Å². The minimum absolute atomic E-state index is 0.139. The first-order valence-electron chi connectivity index (χ1n) is 6.86. The molecule has 0 saturated carbocycles. The van der Waals surface area contributed by atoms with Crippen molar-refractivity contribution < 1.29 is 44.7 Å². The van der Waals surface area contributed by atoms with E-state index in [9.17, 15) is 21.6 Å². The average molecular weight is 364 g/mol. The zero-order chi connectivity index (χ0) is 17.7. The summed E-state index contributed by atoms with van der Waals surface area (Å²) in [7, 11) is -5.70. The van der Waals surface area contributed by atoms with Crippen LogP contribution in [0.2, 0.25) is 0 Å². The van der Waals surface area contributed by atoms with Gasteiger partial charge in [0.25, 0.3) is 0 Å². The van der Waals surface area contributed by atoms with Crippen molar-refractivity contribution >= 4 is 10.1 Å². The highest BCUT2D eigenvalue weighted by molar-refractivity contribution is 7.87. The van der Waals surface area contributed by atoms with Crippen LogP contribution < -0.4 is 0 Å². The van der Waals surface area contributed by atoms with Crippen molar-refractivity contribution in [2.75, 3.05) is 13.2 Å². The van der Waals surface area contributed by atoms with Crippen LogP contribution >= 0.6 is 0 Å². The Morgan fingerprint density at radius 1 is 1.09 bits per heavy atom. The highest BCUT2D eigenvalue weighted by atomic mass is 32.2. The summed E-state index contributed by atoms with van der Waals surface area (Å²) in [6.45, 7) is 5.76. The maximum absolute atomic E-state index is 12.3. The second-order valence-electron chi connectivity index (χ2n) is 6.19. The molecule has 0 aromatic rings. The molecular weight excluding hydrogens is 345 g/mol. The molecule has 0 radical (unpaired) electrons. The molecule has 2 fully saturated rings. The molecule has 7 nitrogen and oxygen atoms in total. The van der Waals surface area contributed by atoms with Gasteiger partial charge in [-0.25, -0.2) is 0 Å². The lowest BCUT2D eigenvalue weighted by molar-refractivity contribution is -0.174. The van der Waals surface area contributed by atoms with Crippen LogP contribution in [0.5, 0.6) is 0 Å². The summed E-state index contributed by atoms with van der Waals surface area (Å²) in [5.41, 5.74) is -5.49. The molecule has 3 atom stereocenters. The zero-order valence-electron chi connectivity index (χ0n) is 13.0. The van der Waals surface area contributed by atoms with Crippen molar-refractivity contribution in [1.29, 1.82) is 0 Å². The number of rotatable bonds is 4. The fourth-order valence-corrected chi connectivity index (χ4v) is 2.85. The van der Waals surface area contributed by atoms with E-state index in [0.717, 1.165) is 0 Å². The zero-order valence-corrected chi connectivity index (χ0v) is 13.9. The summed E-state index contributed by atoms with van der Waals surface area (Å²) in [6.07, 6.45) is -2.49. The highest BCUT2D eigenvalue weighted by Crippen LogP contribution is 2.36. The Bertz CT molecular complexity index is 543. The van der Waals surface area contributed by atoms with Gasteiger partial charge in [0.2, 0.25) is 0 Å². The van der Waals surface area contributed by atoms with Crippen LogP contribution in [-0.4, -0.2) is 57.0 Å². The molecule has 2 aliphatic rings. The van der Waals surface area contributed by atoms with Crippen molar-refractivity contribution in [1.82, 2.24) is 0 Å². The molecule has 0 aliphatic carbocycles. The molecule has 0 bridgehead atoms. The summed E-state index contributed by atoms with van der Waals surface area (Å²) >= 11 is 0. The van der Waals surface area contributed by atoms with Crippen molar-refractivity contribution in [2.24, 2.45) is 0 Å². The Morgan fingerprint density at radius 2 is 1.70 bits per heavy atom. The van der Waals surface area contributed by atoms with Crippen molar-refractivity contribution in [2.45, 2.75) is 63.1 Å². The molecule has 2 heterocycles. The van der Waals surface area contributed by atoms with Gasteiger partial charge in [0.1, 0.15) is 18.3 Å². The molecule has 0 aromatic carbocycles. The van der Waals surface area contributed by atoms with Gasteiger partial charge in [-0.2, -0.15) is 21.6 Å². The van der Waals surface area contributed by atoms with Gasteiger partial charge in [-0.05, 0) is 27.7 Å².